The minimum atomic E-state index is -1.22. The first-order valence-corrected chi connectivity index (χ1v) is 10.9. The van der Waals surface area contributed by atoms with E-state index in [0.29, 0.717) is 10.8 Å². The molecule has 9 heteroatoms. The lowest BCUT2D eigenvalue weighted by Crippen LogP contribution is -2.70. The maximum Gasteiger partial charge on any atom is 0.231 e. The minimum Gasteiger partial charge on any atom is -0.353 e. The largest absolute Gasteiger partial charge is 0.353 e. The zero-order valence-electron chi connectivity index (χ0n) is 17.8. The van der Waals surface area contributed by atoms with Crippen LogP contribution in [-0.4, -0.2) is 42.2 Å². The molecule has 170 valence electrons. The molecule has 0 aliphatic carbocycles. The molecule has 3 heterocycles. The topological polar surface area (TPSA) is 74.5 Å². The summed E-state index contributed by atoms with van der Waals surface area (Å²) in [4.78, 5) is 21.2. The second-order valence-corrected chi connectivity index (χ2v) is 8.88. The molecular weight excluding hydrogens is 448 g/mol. The summed E-state index contributed by atoms with van der Waals surface area (Å²) in [5.41, 5.74) is 6.79. The molecule has 1 unspecified atom stereocenters. The molecule has 2 aliphatic rings. The Morgan fingerprint density at radius 1 is 1.18 bits per heavy atom. The van der Waals surface area contributed by atoms with Crippen LogP contribution in [0.15, 0.2) is 60.8 Å². The number of nitrogens with zero attached hydrogens (tertiary/aromatic N) is 3. The molecule has 1 aromatic heterocycles. The molecule has 2 saturated heterocycles. The summed E-state index contributed by atoms with van der Waals surface area (Å²) in [6.45, 7) is 0.444. The van der Waals surface area contributed by atoms with Gasteiger partial charge in [-0.1, -0.05) is 23.7 Å². The lowest BCUT2D eigenvalue weighted by atomic mass is 9.78. The highest BCUT2D eigenvalue weighted by atomic mass is 35.5. The van der Waals surface area contributed by atoms with Crippen LogP contribution < -0.4 is 16.0 Å². The minimum absolute atomic E-state index is 0.0795. The molecule has 2 aromatic carbocycles. The van der Waals surface area contributed by atoms with Crippen molar-refractivity contribution in [3.05, 3.63) is 83.0 Å². The summed E-state index contributed by atoms with van der Waals surface area (Å²) in [5.74, 6) is -1.48. The van der Waals surface area contributed by atoms with Crippen molar-refractivity contribution in [1.82, 2.24) is 15.2 Å². The van der Waals surface area contributed by atoms with E-state index in [1.807, 2.05) is 29.2 Å². The van der Waals surface area contributed by atoms with Gasteiger partial charge in [-0.3, -0.25) is 15.8 Å². The molecule has 5 rings (SSSR count). The van der Waals surface area contributed by atoms with Gasteiger partial charge in [0.05, 0.1) is 11.5 Å². The Kier molecular flexibility index (Phi) is 5.31. The number of fused-ring (bicyclic) bond motifs is 1. The molecule has 0 saturated carbocycles. The Balaban J connectivity index is 1.63. The van der Waals surface area contributed by atoms with Gasteiger partial charge in [-0.2, -0.15) is 0 Å². The number of nitrogens with one attached hydrogen (secondary N) is 1. The van der Waals surface area contributed by atoms with E-state index in [1.165, 1.54) is 4.90 Å². The van der Waals surface area contributed by atoms with E-state index in [4.69, 9.17) is 17.3 Å². The van der Waals surface area contributed by atoms with Gasteiger partial charge in [0.15, 0.2) is 0 Å². The van der Waals surface area contributed by atoms with Crippen LogP contribution in [0.3, 0.4) is 0 Å². The van der Waals surface area contributed by atoms with Crippen molar-refractivity contribution in [2.75, 3.05) is 25.0 Å². The van der Waals surface area contributed by atoms with E-state index in [0.717, 1.165) is 29.3 Å². The summed E-state index contributed by atoms with van der Waals surface area (Å²) in [6.07, 6.45) is 0.815. The number of benzene rings is 2. The number of carbonyl (C=O) groups is 1. The van der Waals surface area contributed by atoms with Gasteiger partial charge in [0, 0.05) is 42.5 Å². The van der Waals surface area contributed by atoms with Crippen LogP contribution in [-0.2, 0) is 10.3 Å². The molecule has 2 fully saturated rings. The zero-order valence-corrected chi connectivity index (χ0v) is 18.6. The van der Waals surface area contributed by atoms with Gasteiger partial charge in [-0.05, 0) is 48.0 Å². The van der Waals surface area contributed by atoms with Crippen molar-refractivity contribution in [3.8, 4) is 11.1 Å². The van der Waals surface area contributed by atoms with Gasteiger partial charge in [0.25, 0.3) is 0 Å². The fraction of sp³-hybridized carbons (Fsp3) is 0.250. The number of aromatic nitrogens is 1. The molecule has 2 aliphatic heterocycles. The van der Waals surface area contributed by atoms with Gasteiger partial charge in [-0.15, -0.1) is 0 Å². The van der Waals surface area contributed by atoms with Crippen molar-refractivity contribution >= 4 is 23.3 Å². The first kappa shape index (κ1) is 21.8. The Bertz CT molecular complexity index is 1220. The van der Waals surface area contributed by atoms with Gasteiger partial charge in [0.1, 0.15) is 23.7 Å². The second-order valence-electron chi connectivity index (χ2n) is 8.45. The standard InChI is InChI=1S/C24H22ClF2N5O/c1-31-22(33)19-12-32(21-17(3-2-10-29-21)14-4-6-15(25)7-5-14)13-24(19,30-23(31)28)18-11-16(26)8-9-20(18)27/h2-11,19,23,30H,12-13,28H2,1H3/t19-,23?,24+/m0/s1. The number of carbonyl (C=O) groups excluding carboxylic acids is 1. The lowest BCUT2D eigenvalue weighted by molar-refractivity contribution is -0.144. The highest BCUT2D eigenvalue weighted by molar-refractivity contribution is 6.30. The third-order valence-corrected chi connectivity index (χ3v) is 6.81. The van der Waals surface area contributed by atoms with Gasteiger partial charge < -0.3 is 9.80 Å². The maximum atomic E-state index is 15.0. The molecular formula is C24H22ClF2N5O. The average molecular weight is 470 g/mol. The first-order valence-electron chi connectivity index (χ1n) is 10.5. The smallest absolute Gasteiger partial charge is 0.231 e. The quantitative estimate of drug-likeness (QED) is 0.615. The van der Waals surface area contributed by atoms with Gasteiger partial charge in [0.2, 0.25) is 5.91 Å². The Morgan fingerprint density at radius 3 is 2.70 bits per heavy atom. The molecule has 6 nitrogen and oxygen atoms in total. The molecule has 3 aromatic rings. The Hall–Kier alpha value is -3.07. The number of anilines is 1. The normalized spacial score (nSPS) is 24.8. The number of halogens is 3. The van der Waals surface area contributed by atoms with Crippen LogP contribution in [0.5, 0.6) is 0 Å². The van der Waals surface area contributed by atoms with Crippen molar-refractivity contribution in [1.29, 1.82) is 0 Å². The van der Waals surface area contributed by atoms with E-state index in [9.17, 15) is 9.18 Å². The van der Waals surface area contributed by atoms with Crippen molar-refractivity contribution in [2.45, 2.75) is 11.8 Å². The van der Waals surface area contributed by atoms with E-state index in [2.05, 4.69) is 10.3 Å². The highest BCUT2D eigenvalue weighted by Gasteiger charge is 2.57. The van der Waals surface area contributed by atoms with Crippen molar-refractivity contribution in [3.63, 3.8) is 0 Å². The third-order valence-electron chi connectivity index (χ3n) is 6.56. The van der Waals surface area contributed by atoms with Crippen LogP contribution in [0.2, 0.25) is 5.02 Å². The van der Waals surface area contributed by atoms with E-state index < -0.39 is 29.4 Å². The van der Waals surface area contributed by atoms with Gasteiger partial charge in [-0.25, -0.2) is 13.8 Å². The number of hydrogen-bond acceptors (Lipinski definition) is 5. The van der Waals surface area contributed by atoms with Crippen molar-refractivity contribution in [2.24, 2.45) is 11.7 Å². The predicted molar refractivity (Wildman–Crippen MR) is 122 cm³/mol. The zero-order chi connectivity index (χ0) is 23.3. The monoisotopic (exact) mass is 469 g/mol. The second kappa shape index (κ2) is 8.06. The average Bonchev–Trinajstić information content (AvgIpc) is 3.20. The lowest BCUT2D eigenvalue weighted by Gasteiger charge is -2.46. The van der Waals surface area contributed by atoms with Crippen molar-refractivity contribution < 1.29 is 13.6 Å². The van der Waals surface area contributed by atoms with Crippen LogP contribution in [0.1, 0.15) is 5.56 Å². The molecule has 3 atom stereocenters. The fourth-order valence-corrected chi connectivity index (χ4v) is 5.01. The van der Waals surface area contributed by atoms with Crippen LogP contribution in [0.4, 0.5) is 14.6 Å². The fourth-order valence-electron chi connectivity index (χ4n) is 4.89. The summed E-state index contributed by atoms with van der Waals surface area (Å²) >= 11 is 6.05. The first-order chi connectivity index (χ1) is 15.8. The Morgan fingerprint density at radius 2 is 1.94 bits per heavy atom. The van der Waals surface area contributed by atoms with Crippen LogP contribution >= 0.6 is 11.6 Å². The Labute approximate surface area is 195 Å². The molecule has 1 amide bonds. The molecule has 0 spiro atoms. The summed E-state index contributed by atoms with van der Waals surface area (Å²) in [6, 6.07) is 14.4. The number of rotatable bonds is 3. The predicted octanol–water partition coefficient (Wildman–Crippen LogP) is 3.32. The van der Waals surface area contributed by atoms with Crippen LogP contribution in [0.25, 0.3) is 11.1 Å². The summed E-state index contributed by atoms with van der Waals surface area (Å²) < 4.78 is 29.2. The maximum absolute atomic E-state index is 15.0. The molecule has 3 N–H and O–H groups in total. The number of nitrogens with two attached hydrogens (primary N) is 1. The number of pyridine rings is 1. The summed E-state index contributed by atoms with van der Waals surface area (Å²) in [5, 5.41) is 3.83. The van der Waals surface area contributed by atoms with Crippen LogP contribution in [0, 0.1) is 17.6 Å². The highest BCUT2D eigenvalue weighted by Crippen LogP contribution is 2.44. The molecule has 0 bridgehead atoms. The SMILES string of the molecule is CN1C(=O)[C@@H]2CN(c3ncccc3-c3ccc(Cl)cc3)C[C@]2(c2cc(F)ccc2F)NC1N. The van der Waals surface area contributed by atoms with Gasteiger partial charge >= 0.3 is 0 Å². The summed E-state index contributed by atoms with van der Waals surface area (Å²) in [7, 11) is 1.59. The molecule has 0 radical (unpaired) electrons. The van der Waals surface area contributed by atoms with E-state index in [1.54, 1.807) is 25.4 Å². The number of amides is 1. The number of hydrogen-bond donors (Lipinski definition) is 2. The third kappa shape index (κ3) is 3.55. The van der Waals surface area contributed by atoms with E-state index in [-0.39, 0.29) is 24.6 Å². The van der Waals surface area contributed by atoms with E-state index >= 15 is 4.39 Å². The molecule has 33 heavy (non-hydrogen) atoms.